The van der Waals surface area contributed by atoms with Gasteiger partial charge in [-0.3, -0.25) is 4.79 Å². The maximum Gasteiger partial charge on any atom is 0.239 e. The maximum atomic E-state index is 11.8. The standard InChI is InChI=1S/C15H21N3O/c1-11(2)9-17-15(19)10-18(4)14-7-12(3)5-6-13(14)8-16/h5-7,11H,9-10H2,1-4H3,(H,17,19). The van der Waals surface area contributed by atoms with Crippen molar-refractivity contribution in [3.63, 3.8) is 0 Å². The Bertz CT molecular complexity index is 489. The molecule has 0 spiro atoms. The van der Waals surface area contributed by atoms with Gasteiger partial charge in [0.1, 0.15) is 6.07 Å². The van der Waals surface area contributed by atoms with Crippen LogP contribution in [0.1, 0.15) is 25.0 Å². The molecule has 0 radical (unpaired) electrons. The molecule has 102 valence electrons. The minimum atomic E-state index is -0.0263. The molecule has 0 saturated carbocycles. The lowest BCUT2D eigenvalue weighted by Gasteiger charge is -2.20. The van der Waals surface area contributed by atoms with E-state index in [1.54, 1.807) is 11.0 Å². The number of hydrogen-bond donors (Lipinski definition) is 1. The Kier molecular flexibility index (Phi) is 5.37. The second-order valence-electron chi connectivity index (χ2n) is 5.19. The summed E-state index contributed by atoms with van der Waals surface area (Å²) in [4.78, 5) is 13.6. The van der Waals surface area contributed by atoms with Gasteiger partial charge in [-0.15, -0.1) is 0 Å². The first-order chi connectivity index (χ1) is 8.93. The van der Waals surface area contributed by atoms with E-state index >= 15 is 0 Å². The Morgan fingerprint density at radius 2 is 2.16 bits per heavy atom. The van der Waals surface area contributed by atoms with E-state index in [0.717, 1.165) is 11.3 Å². The quantitative estimate of drug-likeness (QED) is 0.880. The van der Waals surface area contributed by atoms with Crippen molar-refractivity contribution in [1.82, 2.24) is 5.32 Å². The zero-order valence-electron chi connectivity index (χ0n) is 12.0. The topological polar surface area (TPSA) is 56.1 Å². The first-order valence-electron chi connectivity index (χ1n) is 6.42. The fourth-order valence-corrected chi connectivity index (χ4v) is 1.73. The monoisotopic (exact) mass is 259 g/mol. The Balaban J connectivity index is 2.73. The molecular formula is C15H21N3O. The molecule has 0 aliphatic carbocycles. The highest BCUT2D eigenvalue weighted by Gasteiger charge is 2.11. The van der Waals surface area contributed by atoms with Crippen LogP contribution in [0.4, 0.5) is 5.69 Å². The summed E-state index contributed by atoms with van der Waals surface area (Å²) in [5.74, 6) is 0.407. The van der Waals surface area contributed by atoms with Crippen LogP contribution in [-0.2, 0) is 4.79 Å². The average molecular weight is 259 g/mol. The van der Waals surface area contributed by atoms with Gasteiger partial charge >= 0.3 is 0 Å². The van der Waals surface area contributed by atoms with Crippen molar-refractivity contribution < 1.29 is 4.79 Å². The number of nitrogens with zero attached hydrogens (tertiary/aromatic N) is 2. The minimum Gasteiger partial charge on any atom is -0.364 e. The van der Waals surface area contributed by atoms with E-state index in [0.29, 0.717) is 18.0 Å². The predicted molar refractivity (Wildman–Crippen MR) is 77.0 cm³/mol. The molecule has 0 atom stereocenters. The molecule has 0 heterocycles. The van der Waals surface area contributed by atoms with Crippen molar-refractivity contribution in [2.75, 3.05) is 25.0 Å². The smallest absolute Gasteiger partial charge is 0.239 e. The normalized spacial score (nSPS) is 10.1. The highest BCUT2D eigenvalue weighted by atomic mass is 16.2. The fraction of sp³-hybridized carbons (Fsp3) is 0.467. The predicted octanol–water partition coefficient (Wildman–Crippen LogP) is 2.08. The molecule has 1 rings (SSSR count). The minimum absolute atomic E-state index is 0.0263. The Labute approximate surface area is 115 Å². The van der Waals surface area contributed by atoms with Gasteiger partial charge in [-0.2, -0.15) is 5.26 Å². The van der Waals surface area contributed by atoms with E-state index in [1.807, 2.05) is 26.1 Å². The van der Waals surface area contributed by atoms with Crippen LogP contribution in [0, 0.1) is 24.2 Å². The Morgan fingerprint density at radius 3 is 2.74 bits per heavy atom. The van der Waals surface area contributed by atoms with Crippen molar-refractivity contribution >= 4 is 11.6 Å². The summed E-state index contributed by atoms with van der Waals surface area (Å²) in [7, 11) is 1.82. The van der Waals surface area contributed by atoms with Crippen LogP contribution in [0.15, 0.2) is 18.2 Å². The number of nitriles is 1. The highest BCUT2D eigenvalue weighted by Crippen LogP contribution is 2.20. The Morgan fingerprint density at radius 1 is 1.47 bits per heavy atom. The molecule has 4 heteroatoms. The highest BCUT2D eigenvalue weighted by molar-refractivity contribution is 5.81. The average Bonchev–Trinajstić information content (AvgIpc) is 2.36. The van der Waals surface area contributed by atoms with Gasteiger partial charge in [0.2, 0.25) is 5.91 Å². The molecule has 0 fully saturated rings. The van der Waals surface area contributed by atoms with Crippen molar-refractivity contribution in [2.24, 2.45) is 5.92 Å². The van der Waals surface area contributed by atoms with Crippen molar-refractivity contribution in [2.45, 2.75) is 20.8 Å². The number of nitrogens with one attached hydrogen (secondary N) is 1. The Hall–Kier alpha value is -2.02. The molecule has 0 aliphatic rings. The molecule has 1 aromatic carbocycles. The van der Waals surface area contributed by atoms with Crippen molar-refractivity contribution in [3.8, 4) is 6.07 Å². The molecule has 0 aromatic heterocycles. The summed E-state index contributed by atoms with van der Waals surface area (Å²) in [5, 5.41) is 12.0. The van der Waals surface area contributed by atoms with Gasteiger partial charge in [-0.1, -0.05) is 19.9 Å². The van der Waals surface area contributed by atoms with Gasteiger partial charge in [-0.25, -0.2) is 0 Å². The molecule has 0 unspecified atom stereocenters. The van der Waals surface area contributed by atoms with E-state index in [2.05, 4.69) is 25.2 Å². The van der Waals surface area contributed by atoms with E-state index in [4.69, 9.17) is 5.26 Å². The number of aryl methyl sites for hydroxylation is 1. The van der Waals surface area contributed by atoms with Gasteiger partial charge in [0.25, 0.3) is 0 Å². The summed E-state index contributed by atoms with van der Waals surface area (Å²) < 4.78 is 0. The molecule has 0 aliphatic heterocycles. The van der Waals surface area contributed by atoms with Crippen LogP contribution in [0.25, 0.3) is 0 Å². The van der Waals surface area contributed by atoms with Gasteiger partial charge in [0, 0.05) is 13.6 Å². The number of rotatable bonds is 5. The molecule has 1 N–H and O–H groups in total. The summed E-state index contributed by atoms with van der Waals surface area (Å²) in [6, 6.07) is 7.76. The van der Waals surface area contributed by atoms with E-state index < -0.39 is 0 Å². The first kappa shape index (κ1) is 15.0. The molecule has 0 bridgehead atoms. The third-order valence-electron chi connectivity index (χ3n) is 2.77. The lowest BCUT2D eigenvalue weighted by molar-refractivity contribution is -0.119. The molecule has 0 saturated heterocycles. The number of carbonyl (C=O) groups excluding carboxylic acids is 1. The van der Waals surface area contributed by atoms with Gasteiger partial charge in [0.05, 0.1) is 17.8 Å². The number of likely N-dealkylation sites (N-methyl/N-ethyl adjacent to an activating group) is 1. The number of amides is 1. The fourth-order valence-electron chi connectivity index (χ4n) is 1.73. The van der Waals surface area contributed by atoms with Crippen LogP contribution < -0.4 is 10.2 Å². The SMILES string of the molecule is Cc1ccc(C#N)c(N(C)CC(=O)NCC(C)C)c1. The number of carbonyl (C=O) groups is 1. The van der Waals surface area contributed by atoms with Crippen LogP contribution >= 0.6 is 0 Å². The molecule has 19 heavy (non-hydrogen) atoms. The zero-order valence-corrected chi connectivity index (χ0v) is 12.0. The summed E-state index contributed by atoms with van der Waals surface area (Å²) in [5.41, 5.74) is 2.45. The maximum absolute atomic E-state index is 11.8. The second kappa shape index (κ2) is 6.79. The lowest BCUT2D eigenvalue weighted by Crippen LogP contribution is -2.37. The van der Waals surface area contributed by atoms with E-state index in [9.17, 15) is 4.79 Å². The van der Waals surface area contributed by atoms with Crippen LogP contribution in [0.5, 0.6) is 0 Å². The van der Waals surface area contributed by atoms with Crippen LogP contribution in [0.2, 0.25) is 0 Å². The van der Waals surface area contributed by atoms with Crippen LogP contribution in [-0.4, -0.2) is 26.0 Å². The number of hydrogen-bond acceptors (Lipinski definition) is 3. The first-order valence-corrected chi connectivity index (χ1v) is 6.42. The molecule has 1 aromatic rings. The van der Waals surface area contributed by atoms with E-state index in [1.165, 1.54) is 0 Å². The van der Waals surface area contributed by atoms with Crippen molar-refractivity contribution in [1.29, 1.82) is 5.26 Å². The largest absolute Gasteiger partial charge is 0.364 e. The summed E-state index contributed by atoms with van der Waals surface area (Å²) in [6.07, 6.45) is 0. The third-order valence-corrected chi connectivity index (χ3v) is 2.77. The van der Waals surface area contributed by atoms with Gasteiger partial charge < -0.3 is 10.2 Å². The van der Waals surface area contributed by atoms with Gasteiger partial charge in [0.15, 0.2) is 0 Å². The molecule has 1 amide bonds. The van der Waals surface area contributed by atoms with E-state index in [-0.39, 0.29) is 12.5 Å². The summed E-state index contributed by atoms with van der Waals surface area (Å²) >= 11 is 0. The van der Waals surface area contributed by atoms with Crippen molar-refractivity contribution in [3.05, 3.63) is 29.3 Å². The van der Waals surface area contributed by atoms with Crippen LogP contribution in [0.3, 0.4) is 0 Å². The van der Waals surface area contributed by atoms with Gasteiger partial charge in [-0.05, 0) is 30.5 Å². The lowest BCUT2D eigenvalue weighted by atomic mass is 10.1. The molecule has 4 nitrogen and oxygen atoms in total. The third kappa shape index (κ3) is 4.63. The zero-order chi connectivity index (χ0) is 14.4. The second-order valence-corrected chi connectivity index (χ2v) is 5.19. The summed E-state index contributed by atoms with van der Waals surface area (Å²) in [6.45, 7) is 7.00. The number of anilines is 1. The number of benzene rings is 1. The molecular weight excluding hydrogens is 238 g/mol.